The summed E-state index contributed by atoms with van der Waals surface area (Å²) in [5.74, 6) is -1.05. The predicted octanol–water partition coefficient (Wildman–Crippen LogP) is 5.68. The van der Waals surface area contributed by atoms with E-state index in [-0.39, 0.29) is 47.5 Å². The van der Waals surface area contributed by atoms with Crippen LogP contribution in [-0.4, -0.2) is 81.4 Å². The van der Waals surface area contributed by atoms with Gasteiger partial charge in [0.2, 0.25) is 11.8 Å². The Bertz CT molecular complexity index is 1480. The van der Waals surface area contributed by atoms with Gasteiger partial charge in [-0.2, -0.15) is 0 Å². The van der Waals surface area contributed by atoms with Crippen LogP contribution in [0.1, 0.15) is 37.3 Å². The largest absolute Gasteiger partial charge is 0.494 e. The molecule has 3 aliphatic rings. The fourth-order valence-corrected chi connectivity index (χ4v) is 11.0. The number of fused-ring (bicyclic) bond motifs is 1. The monoisotopic (exact) mass is 709 g/mol. The Labute approximate surface area is 285 Å². The molecule has 3 fully saturated rings. The average Bonchev–Trinajstić information content (AvgIpc) is 3.63. The second-order valence-electron chi connectivity index (χ2n) is 12.3. The van der Waals surface area contributed by atoms with Gasteiger partial charge in [-0.25, -0.2) is 0 Å². The van der Waals surface area contributed by atoms with E-state index in [9.17, 15) is 19.5 Å². The van der Waals surface area contributed by atoms with Crippen LogP contribution in [-0.2, 0) is 14.4 Å². The highest BCUT2D eigenvalue weighted by molar-refractivity contribution is 9.09. The van der Waals surface area contributed by atoms with Gasteiger partial charge >= 0.3 is 0 Å². The first kappa shape index (κ1) is 34.3. The number of unbranched alkanes of at least 4 members (excludes halogenated alkanes) is 1. The van der Waals surface area contributed by atoms with Crippen LogP contribution < -0.4 is 14.5 Å². The highest BCUT2D eigenvalue weighted by Gasteiger charge is 2.76. The summed E-state index contributed by atoms with van der Waals surface area (Å²) < 4.78 is 4.82. The zero-order valence-electron chi connectivity index (χ0n) is 26.9. The Morgan fingerprint density at radius 1 is 1.09 bits per heavy atom. The first-order valence-electron chi connectivity index (χ1n) is 16.0. The number of carbonyl (C=O) groups is 3. The Kier molecular flexibility index (Phi) is 10.7. The van der Waals surface area contributed by atoms with Crippen molar-refractivity contribution in [3.63, 3.8) is 0 Å². The molecule has 1 N–H and O–H groups in total. The SMILES string of the molecule is C=CCN(C(=O)[C@H]1[C@H]2C(=O)N(CCCCO)C(C(=O)N(CC=C)c3cc(C)ccc3C)C23CC(Br)[C@@H]1S3)c1ccc(OCC)cc1. The van der Waals surface area contributed by atoms with E-state index in [0.29, 0.717) is 43.9 Å². The standard InChI is InChI=1S/C36H44BrN3O5S/c1-6-17-38(25-13-15-26(16-14-25)45-8-3)33(42)29-30-34(43)40(19-9-10-20-41)32(36(30)22-27(37)31(29)46-36)35(44)39(18-7-2)28-21-23(4)11-12-24(28)5/h6-7,11-16,21,27,29-32,41H,1-2,8-10,17-20,22H2,3-5H3/t27?,29-,30-,31-,32?,36?/m0/s1. The number of hydrogen-bond acceptors (Lipinski definition) is 6. The number of thioether (sulfide) groups is 1. The molecule has 46 heavy (non-hydrogen) atoms. The zero-order chi connectivity index (χ0) is 33.2. The van der Waals surface area contributed by atoms with Gasteiger partial charge in [0, 0.05) is 47.7 Å². The molecule has 2 aromatic carbocycles. The normalized spacial score (nSPS) is 26.2. The maximum Gasteiger partial charge on any atom is 0.251 e. The summed E-state index contributed by atoms with van der Waals surface area (Å²) in [6, 6.07) is 12.6. The number of nitrogens with zero attached hydrogens (tertiary/aromatic N) is 3. The molecule has 2 aromatic rings. The Morgan fingerprint density at radius 3 is 2.43 bits per heavy atom. The first-order chi connectivity index (χ1) is 22.1. The minimum atomic E-state index is -0.789. The van der Waals surface area contributed by atoms with Crippen molar-refractivity contribution in [3.05, 3.63) is 78.9 Å². The average molecular weight is 711 g/mol. The van der Waals surface area contributed by atoms with Gasteiger partial charge in [-0.1, -0.05) is 40.2 Å². The predicted molar refractivity (Wildman–Crippen MR) is 189 cm³/mol. The summed E-state index contributed by atoms with van der Waals surface area (Å²) in [4.78, 5) is 49.3. The van der Waals surface area contributed by atoms with E-state index < -0.39 is 22.6 Å². The number of aryl methyl sites for hydroxylation is 2. The fraction of sp³-hybridized carbons (Fsp3) is 0.472. The number of likely N-dealkylation sites (tertiary alicyclic amines) is 1. The lowest BCUT2D eigenvalue weighted by Gasteiger charge is -2.38. The van der Waals surface area contributed by atoms with Crippen LogP contribution >= 0.6 is 27.7 Å². The van der Waals surface area contributed by atoms with Crippen LogP contribution in [0.25, 0.3) is 0 Å². The minimum absolute atomic E-state index is 0.000297. The van der Waals surface area contributed by atoms with Crippen LogP contribution in [0.3, 0.4) is 0 Å². The molecule has 0 radical (unpaired) electrons. The lowest BCUT2D eigenvalue weighted by molar-refractivity contribution is -0.139. The number of ether oxygens (including phenoxy) is 1. The number of halogens is 1. The van der Waals surface area contributed by atoms with Crippen LogP contribution in [0.5, 0.6) is 5.75 Å². The molecular weight excluding hydrogens is 666 g/mol. The first-order valence-corrected chi connectivity index (χ1v) is 17.8. The molecule has 0 aliphatic carbocycles. The number of carbonyl (C=O) groups excluding carboxylic acids is 3. The summed E-state index contributed by atoms with van der Waals surface area (Å²) in [6.45, 7) is 15.2. The molecule has 3 saturated heterocycles. The van der Waals surface area contributed by atoms with E-state index in [0.717, 1.165) is 16.8 Å². The molecule has 3 unspecified atom stereocenters. The van der Waals surface area contributed by atoms with Crippen LogP contribution in [0.4, 0.5) is 11.4 Å². The summed E-state index contributed by atoms with van der Waals surface area (Å²) >= 11 is 5.52. The highest BCUT2D eigenvalue weighted by atomic mass is 79.9. The Morgan fingerprint density at radius 2 is 1.78 bits per heavy atom. The van der Waals surface area contributed by atoms with Crippen LogP contribution in [0.2, 0.25) is 0 Å². The van der Waals surface area contributed by atoms with E-state index in [1.54, 1.807) is 38.6 Å². The third-order valence-corrected chi connectivity index (χ3v) is 12.6. The number of rotatable bonds is 14. The molecule has 246 valence electrons. The zero-order valence-corrected chi connectivity index (χ0v) is 29.3. The summed E-state index contributed by atoms with van der Waals surface area (Å²) in [6.07, 6.45) is 5.06. The van der Waals surface area contributed by atoms with Gasteiger partial charge in [-0.3, -0.25) is 14.4 Å². The van der Waals surface area contributed by atoms with Gasteiger partial charge in [0.05, 0.1) is 23.2 Å². The summed E-state index contributed by atoms with van der Waals surface area (Å²) in [7, 11) is 0. The highest BCUT2D eigenvalue weighted by Crippen LogP contribution is 2.68. The van der Waals surface area contributed by atoms with Crippen molar-refractivity contribution in [1.82, 2.24) is 4.90 Å². The van der Waals surface area contributed by atoms with E-state index in [1.807, 2.05) is 63.2 Å². The second-order valence-corrected chi connectivity index (χ2v) is 15.0. The van der Waals surface area contributed by atoms with Crippen molar-refractivity contribution >= 4 is 56.8 Å². The maximum atomic E-state index is 14.9. The molecule has 10 heteroatoms. The van der Waals surface area contributed by atoms with Gasteiger partial charge in [-0.05, 0) is 81.5 Å². The number of amides is 3. The van der Waals surface area contributed by atoms with E-state index in [1.165, 1.54) is 0 Å². The van der Waals surface area contributed by atoms with Gasteiger partial charge in [0.15, 0.2) is 0 Å². The van der Waals surface area contributed by atoms with Gasteiger partial charge in [0.1, 0.15) is 11.8 Å². The lowest BCUT2D eigenvalue weighted by atomic mass is 9.70. The van der Waals surface area contributed by atoms with E-state index in [4.69, 9.17) is 4.74 Å². The molecule has 1 spiro atoms. The number of hydrogen-bond donors (Lipinski definition) is 1. The van der Waals surface area contributed by atoms with Crippen LogP contribution in [0, 0.1) is 25.7 Å². The van der Waals surface area contributed by atoms with Crippen LogP contribution in [0.15, 0.2) is 67.8 Å². The molecule has 8 nitrogen and oxygen atoms in total. The maximum absolute atomic E-state index is 14.9. The molecule has 3 aliphatic heterocycles. The van der Waals surface area contributed by atoms with Crippen molar-refractivity contribution in [2.75, 3.05) is 42.6 Å². The Balaban J connectivity index is 1.57. The number of aliphatic hydroxyl groups is 1. The van der Waals surface area contributed by atoms with Crippen molar-refractivity contribution in [1.29, 1.82) is 0 Å². The molecule has 0 aromatic heterocycles. The third-order valence-electron chi connectivity index (χ3n) is 9.39. The topological polar surface area (TPSA) is 90.4 Å². The summed E-state index contributed by atoms with van der Waals surface area (Å²) in [5.41, 5.74) is 3.47. The molecule has 5 rings (SSSR count). The molecule has 6 atom stereocenters. The molecular formula is C36H44BrN3O5S. The number of benzene rings is 2. The smallest absolute Gasteiger partial charge is 0.251 e. The van der Waals surface area contributed by atoms with Gasteiger partial charge < -0.3 is 24.5 Å². The van der Waals surface area contributed by atoms with E-state index in [2.05, 4.69) is 29.1 Å². The van der Waals surface area contributed by atoms with Crippen molar-refractivity contribution in [2.45, 2.75) is 60.9 Å². The lowest BCUT2D eigenvalue weighted by Crippen LogP contribution is -2.56. The molecule has 3 heterocycles. The van der Waals surface area contributed by atoms with Crippen molar-refractivity contribution in [2.24, 2.45) is 11.8 Å². The molecule has 2 bridgehead atoms. The minimum Gasteiger partial charge on any atom is -0.494 e. The molecule has 0 saturated carbocycles. The summed E-state index contributed by atoms with van der Waals surface area (Å²) in [5, 5.41) is 9.38. The van der Waals surface area contributed by atoms with E-state index >= 15 is 0 Å². The van der Waals surface area contributed by atoms with Gasteiger partial charge in [-0.15, -0.1) is 24.9 Å². The third kappa shape index (κ3) is 6.04. The quantitative estimate of drug-likeness (QED) is 0.154. The van der Waals surface area contributed by atoms with Crippen molar-refractivity contribution in [3.8, 4) is 5.75 Å². The second kappa shape index (κ2) is 14.4. The number of aliphatic hydroxyl groups excluding tert-OH is 1. The fourth-order valence-electron chi connectivity index (χ4n) is 7.44. The number of anilines is 2. The number of alkyl halides is 1. The van der Waals surface area contributed by atoms with Crippen molar-refractivity contribution < 1.29 is 24.2 Å². The van der Waals surface area contributed by atoms with Gasteiger partial charge in [0.25, 0.3) is 5.91 Å². The molecule has 3 amide bonds. The Hall–Kier alpha value is -3.08.